The molecule has 226 valence electrons. The topological polar surface area (TPSA) is 59.0 Å². The van der Waals surface area contributed by atoms with E-state index in [9.17, 15) is 0 Å². The predicted molar refractivity (Wildman–Crippen MR) is 172 cm³/mol. The lowest BCUT2D eigenvalue weighted by atomic mass is 10.2. The van der Waals surface area contributed by atoms with Crippen LogP contribution in [0.1, 0.15) is 63.1 Å². The Labute approximate surface area is 256 Å². The van der Waals surface area contributed by atoms with Crippen molar-refractivity contribution in [2.75, 3.05) is 6.61 Å². The lowest BCUT2D eigenvalue weighted by Crippen LogP contribution is -2.23. The number of aromatic nitrogens is 5. The Morgan fingerprint density at radius 1 is 0.581 bits per heavy atom. The van der Waals surface area contributed by atoms with Crippen LogP contribution in [-0.2, 0) is 29.2 Å². The van der Waals surface area contributed by atoms with Gasteiger partial charge < -0.3 is 23.2 Å². The number of pyridine rings is 2. The molecule has 1 atom stereocenters. The van der Waals surface area contributed by atoms with Crippen molar-refractivity contribution in [2.24, 2.45) is 0 Å². The SMILES string of the molecule is Cc1cc(COC[C@@H](CCn2c(C)ccc2C)OCc2cc(C)cc(-n3c(C)ccc3C)n2)nc(-n2c(C)ccc2C)c1. The van der Waals surface area contributed by atoms with Crippen molar-refractivity contribution in [2.45, 2.75) is 87.7 Å². The van der Waals surface area contributed by atoms with Gasteiger partial charge in [-0.2, -0.15) is 0 Å². The Morgan fingerprint density at radius 3 is 1.51 bits per heavy atom. The Morgan fingerprint density at radius 2 is 1.02 bits per heavy atom. The molecule has 7 heteroatoms. The second-order valence-corrected chi connectivity index (χ2v) is 11.9. The molecule has 43 heavy (non-hydrogen) atoms. The van der Waals surface area contributed by atoms with Crippen molar-refractivity contribution in [3.63, 3.8) is 0 Å². The standard InChI is InChI=1S/C36H45N5O2/c1-24-17-32(37-35(19-24)40-28(5)11-12-29(40)6)21-42-23-34(15-16-39-26(3)9-10-27(39)4)43-22-33-18-25(2)20-36(38-33)41-30(7)13-14-31(41)8/h9-14,17-20,34H,15-16,21-23H2,1-8H3/t34-/m1/s1. The Balaban J connectivity index is 1.30. The molecule has 0 radical (unpaired) electrons. The minimum atomic E-state index is -0.0970. The van der Waals surface area contributed by atoms with Gasteiger partial charge in [-0.1, -0.05) is 0 Å². The first-order valence-corrected chi connectivity index (χ1v) is 15.2. The van der Waals surface area contributed by atoms with Crippen LogP contribution in [0.15, 0.2) is 60.7 Å². The van der Waals surface area contributed by atoms with Gasteiger partial charge in [0, 0.05) is 40.7 Å². The zero-order valence-electron chi connectivity index (χ0n) is 26.9. The second-order valence-electron chi connectivity index (χ2n) is 11.9. The molecule has 0 aromatic carbocycles. The minimum absolute atomic E-state index is 0.0970. The van der Waals surface area contributed by atoms with Crippen LogP contribution in [0.4, 0.5) is 0 Å². The number of aryl methyl sites for hydroxylation is 8. The van der Waals surface area contributed by atoms with Gasteiger partial charge in [0.1, 0.15) is 11.6 Å². The lowest BCUT2D eigenvalue weighted by Gasteiger charge is -2.20. The molecule has 0 saturated carbocycles. The quantitative estimate of drug-likeness (QED) is 0.153. The smallest absolute Gasteiger partial charge is 0.137 e. The molecule has 0 unspecified atom stereocenters. The molecule has 0 fully saturated rings. The van der Waals surface area contributed by atoms with Crippen molar-refractivity contribution >= 4 is 0 Å². The van der Waals surface area contributed by atoms with Crippen LogP contribution >= 0.6 is 0 Å². The number of rotatable bonds is 12. The normalized spacial score (nSPS) is 12.3. The van der Waals surface area contributed by atoms with Gasteiger partial charge in [-0.3, -0.25) is 0 Å². The Kier molecular flexibility index (Phi) is 9.33. The van der Waals surface area contributed by atoms with E-state index in [1.807, 2.05) is 0 Å². The first-order valence-electron chi connectivity index (χ1n) is 15.2. The average molecular weight is 580 g/mol. The fourth-order valence-corrected chi connectivity index (χ4v) is 5.91. The molecule has 0 amide bonds. The van der Waals surface area contributed by atoms with E-state index in [2.05, 4.69) is 130 Å². The van der Waals surface area contributed by atoms with Crippen LogP contribution in [0, 0.1) is 55.4 Å². The predicted octanol–water partition coefficient (Wildman–Crippen LogP) is 7.52. The zero-order valence-corrected chi connectivity index (χ0v) is 26.9. The molecule has 5 aromatic heterocycles. The third kappa shape index (κ3) is 7.17. The number of hydrogen-bond donors (Lipinski definition) is 0. The summed E-state index contributed by atoms with van der Waals surface area (Å²) in [6.07, 6.45) is 0.735. The Hall–Kier alpha value is -3.94. The van der Waals surface area contributed by atoms with Gasteiger partial charge in [0.25, 0.3) is 0 Å². The molecule has 0 bridgehead atoms. The van der Waals surface area contributed by atoms with E-state index in [0.29, 0.717) is 19.8 Å². The van der Waals surface area contributed by atoms with Crippen LogP contribution in [-0.4, -0.2) is 36.4 Å². The number of hydrogen-bond acceptors (Lipinski definition) is 4. The van der Waals surface area contributed by atoms with E-state index >= 15 is 0 Å². The molecule has 0 saturated heterocycles. The molecule has 7 nitrogen and oxygen atoms in total. The highest BCUT2D eigenvalue weighted by molar-refractivity contribution is 5.36. The highest BCUT2D eigenvalue weighted by Gasteiger charge is 2.15. The first kappa shape index (κ1) is 30.5. The largest absolute Gasteiger partial charge is 0.372 e. The van der Waals surface area contributed by atoms with E-state index in [-0.39, 0.29) is 6.10 Å². The third-order valence-corrected chi connectivity index (χ3v) is 8.13. The van der Waals surface area contributed by atoms with Crippen LogP contribution in [0.3, 0.4) is 0 Å². The summed E-state index contributed by atoms with van der Waals surface area (Å²) in [5.41, 5.74) is 11.3. The molecule has 0 aliphatic heterocycles. The summed E-state index contributed by atoms with van der Waals surface area (Å²) in [6.45, 7) is 19.1. The van der Waals surface area contributed by atoms with Crippen LogP contribution in [0.25, 0.3) is 11.6 Å². The van der Waals surface area contributed by atoms with Gasteiger partial charge in [-0.05, 0) is 134 Å². The third-order valence-electron chi connectivity index (χ3n) is 8.13. The second kappa shape index (κ2) is 13.1. The molecule has 5 heterocycles. The fraction of sp³-hybridized carbons (Fsp3) is 0.389. The number of nitrogens with zero attached hydrogens (tertiary/aromatic N) is 5. The van der Waals surface area contributed by atoms with Gasteiger partial charge in [-0.25, -0.2) is 9.97 Å². The summed E-state index contributed by atoms with van der Waals surface area (Å²) >= 11 is 0. The van der Waals surface area contributed by atoms with Gasteiger partial charge in [0.05, 0.1) is 37.3 Å². The highest BCUT2D eigenvalue weighted by Crippen LogP contribution is 2.20. The molecule has 0 aliphatic carbocycles. The zero-order chi connectivity index (χ0) is 30.7. The summed E-state index contributed by atoms with van der Waals surface area (Å²) < 4.78 is 19.5. The van der Waals surface area contributed by atoms with Gasteiger partial charge in [0.15, 0.2) is 0 Å². The summed E-state index contributed by atoms with van der Waals surface area (Å²) in [5.74, 6) is 1.86. The van der Waals surface area contributed by atoms with E-state index in [0.717, 1.165) is 47.1 Å². The fourth-order valence-electron chi connectivity index (χ4n) is 5.91. The molecular formula is C36H45N5O2. The Bertz CT molecular complexity index is 1650. The van der Waals surface area contributed by atoms with E-state index in [4.69, 9.17) is 19.4 Å². The van der Waals surface area contributed by atoms with E-state index in [1.54, 1.807) is 0 Å². The van der Waals surface area contributed by atoms with Gasteiger partial charge >= 0.3 is 0 Å². The summed E-state index contributed by atoms with van der Waals surface area (Å²) in [5, 5.41) is 0. The summed E-state index contributed by atoms with van der Waals surface area (Å²) in [6, 6.07) is 21.3. The van der Waals surface area contributed by atoms with Crippen molar-refractivity contribution in [3.05, 3.63) is 117 Å². The lowest BCUT2D eigenvalue weighted by molar-refractivity contribution is -0.0366. The molecular weight excluding hydrogens is 534 g/mol. The summed E-state index contributed by atoms with van der Waals surface area (Å²) in [4.78, 5) is 9.91. The van der Waals surface area contributed by atoms with Crippen LogP contribution < -0.4 is 0 Å². The maximum atomic E-state index is 6.54. The summed E-state index contributed by atoms with van der Waals surface area (Å²) in [7, 11) is 0. The minimum Gasteiger partial charge on any atom is -0.372 e. The molecule has 0 aliphatic rings. The van der Waals surface area contributed by atoms with Crippen LogP contribution in [0.5, 0.6) is 0 Å². The first-order chi connectivity index (χ1) is 20.6. The number of ether oxygens (including phenoxy) is 2. The van der Waals surface area contributed by atoms with Crippen molar-refractivity contribution < 1.29 is 9.47 Å². The molecule has 5 rings (SSSR count). The highest BCUT2D eigenvalue weighted by atomic mass is 16.5. The molecule has 0 spiro atoms. The van der Waals surface area contributed by atoms with Crippen molar-refractivity contribution in [3.8, 4) is 11.6 Å². The van der Waals surface area contributed by atoms with Crippen molar-refractivity contribution in [1.82, 2.24) is 23.7 Å². The maximum absolute atomic E-state index is 6.54. The van der Waals surface area contributed by atoms with E-state index < -0.39 is 0 Å². The average Bonchev–Trinajstić information content (AvgIpc) is 3.59. The van der Waals surface area contributed by atoms with Crippen LogP contribution in [0.2, 0.25) is 0 Å². The van der Waals surface area contributed by atoms with Crippen molar-refractivity contribution in [1.29, 1.82) is 0 Å². The molecule has 0 N–H and O–H groups in total. The van der Waals surface area contributed by atoms with Gasteiger partial charge in [0.2, 0.25) is 0 Å². The molecule has 5 aromatic rings. The monoisotopic (exact) mass is 579 g/mol. The van der Waals surface area contributed by atoms with E-state index in [1.165, 1.54) is 34.2 Å². The van der Waals surface area contributed by atoms with Gasteiger partial charge in [-0.15, -0.1) is 0 Å². The maximum Gasteiger partial charge on any atom is 0.137 e.